The molecule has 5 amide bonds. The lowest BCUT2D eigenvalue weighted by Gasteiger charge is -2.27. The molecule has 6 unspecified atom stereocenters. The number of Topliss-reactive ketones (excluding diaryl/α,β-unsaturated/α-hetero) is 2. The lowest BCUT2D eigenvalue weighted by molar-refractivity contribution is -0.133. The molecule has 0 aromatic heterocycles. The molecule has 3 rings (SSSR count). The van der Waals surface area contributed by atoms with E-state index in [0.29, 0.717) is 40.2 Å². The molecular weight excluding hydrogens is 710 g/mol. The summed E-state index contributed by atoms with van der Waals surface area (Å²) in [6.07, 6.45) is 0.301. The summed E-state index contributed by atoms with van der Waals surface area (Å²) in [4.78, 5) is 90.6. The first kappa shape index (κ1) is 44.0. The number of fused-ring (bicyclic) bond motifs is 5. The fraction of sp³-hybridized carbons (Fsp3) is 0.513. The summed E-state index contributed by atoms with van der Waals surface area (Å²) in [6, 6.07) is 6.34. The van der Waals surface area contributed by atoms with Crippen molar-refractivity contribution in [2.24, 2.45) is 23.1 Å². The average Bonchev–Trinajstić information content (AvgIpc) is 3.13. The number of benzene rings is 2. The van der Waals surface area contributed by atoms with Gasteiger partial charge in [-0.25, -0.2) is 0 Å². The summed E-state index contributed by atoms with van der Waals surface area (Å²) in [5.41, 5.74) is 19.3. The Morgan fingerprint density at radius 1 is 0.891 bits per heavy atom. The summed E-state index contributed by atoms with van der Waals surface area (Å²) >= 11 is 0. The van der Waals surface area contributed by atoms with Crippen molar-refractivity contribution in [2.75, 3.05) is 26.3 Å². The number of nitrogens with two attached hydrogens (primary N) is 3. The standard InChI is InChI=1S/C39H55N7O9/c1-6-26(36(50)31(20-35(42)49)45-24(5)48)8-10-28-27-9-12-34(55-16-14-41)30(19-27)29-17-25(7-11-33(29)54-15-13-40)18-32(39(53)43-21(2)23(4)47)46-37(51)22(3)44-38(28)52/h7,9,11-12,17,19,21-22,26,28,31-32H,6,8,10,13-16,18,20,40-41H2,1-5H3,(H2,42,49)(H,43,53)(H,44,52)(H,45,48)(H,46,51). The zero-order valence-electron chi connectivity index (χ0n) is 32.2. The number of ketones is 2. The van der Waals surface area contributed by atoms with Crippen LogP contribution in [-0.2, 0) is 40.0 Å². The lowest BCUT2D eigenvalue weighted by atomic mass is 9.83. The molecule has 1 heterocycles. The number of amides is 5. The summed E-state index contributed by atoms with van der Waals surface area (Å²) in [7, 11) is 0. The number of primary amides is 1. The number of nitrogens with one attached hydrogen (secondary N) is 4. The summed E-state index contributed by atoms with van der Waals surface area (Å²) in [5.74, 6) is -4.37. The molecule has 0 saturated heterocycles. The topological polar surface area (TPSA) is 264 Å². The second-order valence-electron chi connectivity index (χ2n) is 13.8. The van der Waals surface area contributed by atoms with Crippen molar-refractivity contribution < 1.29 is 43.0 Å². The third-order valence-electron chi connectivity index (χ3n) is 9.43. The van der Waals surface area contributed by atoms with Crippen LogP contribution < -0.4 is 47.9 Å². The minimum absolute atomic E-state index is 0.0238. The highest BCUT2D eigenvalue weighted by molar-refractivity contribution is 5.96. The van der Waals surface area contributed by atoms with Gasteiger partial charge in [-0.05, 0) is 75.4 Å². The van der Waals surface area contributed by atoms with Gasteiger partial charge >= 0.3 is 0 Å². The van der Waals surface area contributed by atoms with E-state index in [-0.39, 0.29) is 57.8 Å². The van der Waals surface area contributed by atoms with Gasteiger partial charge in [0.25, 0.3) is 0 Å². The maximum absolute atomic E-state index is 14.2. The zero-order chi connectivity index (χ0) is 40.8. The van der Waals surface area contributed by atoms with Crippen LogP contribution in [0.25, 0.3) is 11.1 Å². The van der Waals surface area contributed by atoms with E-state index in [1.54, 1.807) is 50.2 Å². The Hall–Kier alpha value is -5.35. The van der Waals surface area contributed by atoms with Gasteiger partial charge in [0.15, 0.2) is 11.6 Å². The van der Waals surface area contributed by atoms with Crippen LogP contribution in [0, 0.1) is 5.92 Å². The van der Waals surface area contributed by atoms with Gasteiger partial charge in [-0.15, -0.1) is 0 Å². The van der Waals surface area contributed by atoms with E-state index in [0.717, 1.165) is 0 Å². The molecule has 1 aliphatic heterocycles. The molecule has 300 valence electrons. The molecule has 2 aromatic carbocycles. The number of carbonyl (C=O) groups excluding carboxylic acids is 7. The number of rotatable bonds is 18. The van der Waals surface area contributed by atoms with Crippen molar-refractivity contribution >= 4 is 41.1 Å². The van der Waals surface area contributed by atoms with E-state index in [1.165, 1.54) is 20.8 Å². The third kappa shape index (κ3) is 12.6. The van der Waals surface area contributed by atoms with Crippen molar-refractivity contribution in [1.29, 1.82) is 0 Å². The average molecular weight is 766 g/mol. The quantitative estimate of drug-likeness (QED) is 0.110. The van der Waals surface area contributed by atoms with Crippen LogP contribution in [0.1, 0.15) is 77.3 Å². The van der Waals surface area contributed by atoms with E-state index >= 15 is 0 Å². The van der Waals surface area contributed by atoms with Gasteiger partial charge in [0.2, 0.25) is 29.5 Å². The Kier molecular flexibility index (Phi) is 16.8. The largest absolute Gasteiger partial charge is 0.492 e. The summed E-state index contributed by atoms with van der Waals surface area (Å²) in [6.45, 7) is 8.20. The first-order chi connectivity index (χ1) is 26.1. The van der Waals surface area contributed by atoms with Crippen LogP contribution >= 0.6 is 0 Å². The number of ether oxygens (including phenoxy) is 2. The molecule has 0 fully saturated rings. The zero-order valence-corrected chi connectivity index (χ0v) is 32.2. The summed E-state index contributed by atoms with van der Waals surface area (Å²) < 4.78 is 12.1. The van der Waals surface area contributed by atoms with E-state index in [4.69, 9.17) is 26.7 Å². The van der Waals surface area contributed by atoms with Crippen LogP contribution in [-0.4, -0.2) is 91.6 Å². The molecule has 0 saturated carbocycles. The highest BCUT2D eigenvalue weighted by atomic mass is 16.5. The van der Waals surface area contributed by atoms with Crippen molar-refractivity contribution in [1.82, 2.24) is 21.3 Å². The fourth-order valence-corrected chi connectivity index (χ4v) is 6.33. The minimum Gasteiger partial charge on any atom is -0.492 e. The molecule has 0 aliphatic carbocycles. The maximum atomic E-state index is 14.2. The van der Waals surface area contributed by atoms with Crippen LogP contribution in [0.15, 0.2) is 36.4 Å². The molecule has 6 atom stereocenters. The van der Waals surface area contributed by atoms with E-state index in [1.807, 2.05) is 0 Å². The predicted octanol–water partition coefficient (Wildman–Crippen LogP) is 0.507. The van der Waals surface area contributed by atoms with Gasteiger partial charge in [0.05, 0.1) is 24.4 Å². The second kappa shape index (κ2) is 20.9. The summed E-state index contributed by atoms with van der Waals surface area (Å²) in [5, 5.41) is 10.7. The van der Waals surface area contributed by atoms with Crippen molar-refractivity contribution in [3.8, 4) is 22.6 Å². The fourth-order valence-electron chi connectivity index (χ4n) is 6.33. The molecule has 0 radical (unpaired) electrons. The molecule has 16 heteroatoms. The van der Waals surface area contributed by atoms with Crippen molar-refractivity contribution in [3.63, 3.8) is 0 Å². The Balaban J connectivity index is 2.20. The Morgan fingerprint density at radius 3 is 2.07 bits per heavy atom. The van der Waals surface area contributed by atoms with E-state index in [2.05, 4.69) is 21.3 Å². The van der Waals surface area contributed by atoms with Gasteiger partial charge < -0.3 is 47.9 Å². The van der Waals surface area contributed by atoms with Gasteiger partial charge in [-0.1, -0.05) is 19.1 Å². The minimum atomic E-state index is -1.14. The highest BCUT2D eigenvalue weighted by Gasteiger charge is 2.33. The van der Waals surface area contributed by atoms with Gasteiger partial charge in [-0.2, -0.15) is 0 Å². The third-order valence-corrected chi connectivity index (χ3v) is 9.43. The Bertz CT molecular complexity index is 1720. The van der Waals surface area contributed by atoms with Crippen LogP contribution in [0.4, 0.5) is 0 Å². The first-order valence-electron chi connectivity index (χ1n) is 18.5. The lowest BCUT2D eigenvalue weighted by Crippen LogP contribution is -2.55. The van der Waals surface area contributed by atoms with Crippen molar-refractivity contribution in [2.45, 2.75) is 96.8 Å². The smallest absolute Gasteiger partial charge is 0.243 e. The van der Waals surface area contributed by atoms with Crippen molar-refractivity contribution in [3.05, 3.63) is 47.5 Å². The van der Waals surface area contributed by atoms with E-state index in [9.17, 15) is 33.6 Å². The monoisotopic (exact) mass is 765 g/mol. The molecule has 0 spiro atoms. The molecular formula is C39H55N7O9. The molecule has 10 N–H and O–H groups in total. The Labute approximate surface area is 321 Å². The molecule has 55 heavy (non-hydrogen) atoms. The maximum Gasteiger partial charge on any atom is 0.243 e. The number of carbonyl (C=O) groups is 7. The number of hydrogen-bond acceptors (Lipinski definition) is 11. The molecule has 1 aliphatic rings. The highest BCUT2D eigenvalue weighted by Crippen LogP contribution is 2.40. The number of hydrogen-bond donors (Lipinski definition) is 7. The normalized spacial score (nSPS) is 18.6. The van der Waals surface area contributed by atoms with Gasteiger partial charge in [-0.3, -0.25) is 33.6 Å². The van der Waals surface area contributed by atoms with Crippen LogP contribution in [0.3, 0.4) is 0 Å². The molecule has 2 aromatic rings. The first-order valence-corrected chi connectivity index (χ1v) is 18.5. The van der Waals surface area contributed by atoms with E-state index < -0.39 is 71.3 Å². The molecule has 4 bridgehead atoms. The van der Waals surface area contributed by atoms with Crippen LogP contribution in [0.5, 0.6) is 11.5 Å². The van der Waals surface area contributed by atoms with Crippen LogP contribution in [0.2, 0.25) is 0 Å². The SMILES string of the molecule is CCC(CCC1C(=O)NC(C)C(=O)NC(C(=O)NC(C)C(C)=O)Cc2ccc(OCCN)c(c2)-c2cc1ccc2OCCN)C(=O)C(CC(N)=O)NC(C)=O. The van der Waals surface area contributed by atoms with Gasteiger partial charge in [0.1, 0.15) is 36.8 Å². The predicted molar refractivity (Wildman–Crippen MR) is 205 cm³/mol. The molecule has 16 nitrogen and oxygen atoms in total. The Morgan fingerprint density at radius 2 is 1.51 bits per heavy atom. The second-order valence-corrected chi connectivity index (χ2v) is 13.8. The van der Waals surface area contributed by atoms with Gasteiger partial charge in [0, 0.05) is 43.5 Å².